The maximum absolute atomic E-state index is 12.2. The Kier molecular flexibility index (Phi) is 6.99. The highest BCUT2D eigenvalue weighted by Gasteiger charge is 2.35. The van der Waals surface area contributed by atoms with Crippen LogP contribution < -0.4 is 15.4 Å². The summed E-state index contributed by atoms with van der Waals surface area (Å²) in [7, 11) is 0. The van der Waals surface area contributed by atoms with E-state index in [0.717, 1.165) is 43.9 Å². The highest BCUT2D eigenvalue weighted by molar-refractivity contribution is 5.85. The van der Waals surface area contributed by atoms with Crippen LogP contribution in [-0.2, 0) is 11.3 Å². The summed E-state index contributed by atoms with van der Waals surface area (Å²) in [6, 6.07) is 7.91. The topological polar surface area (TPSA) is 50.4 Å². The highest BCUT2D eigenvalue weighted by atomic mass is 35.5. The lowest BCUT2D eigenvalue weighted by Crippen LogP contribution is -2.40. The number of halogens is 1. The van der Waals surface area contributed by atoms with Crippen LogP contribution in [0.2, 0.25) is 0 Å². The van der Waals surface area contributed by atoms with Gasteiger partial charge in [-0.25, -0.2) is 0 Å². The molecule has 1 aromatic rings. The number of rotatable bonds is 6. The summed E-state index contributed by atoms with van der Waals surface area (Å²) < 4.78 is 5.60. The fourth-order valence-electron chi connectivity index (χ4n) is 2.37. The summed E-state index contributed by atoms with van der Waals surface area (Å²) in [4.78, 5) is 12.2. The molecular weight excluding hydrogens is 288 g/mol. The minimum Gasteiger partial charge on any atom is -0.494 e. The van der Waals surface area contributed by atoms with Crippen molar-refractivity contribution < 1.29 is 9.53 Å². The van der Waals surface area contributed by atoms with Gasteiger partial charge in [-0.05, 0) is 44.0 Å². The second kappa shape index (κ2) is 8.25. The van der Waals surface area contributed by atoms with Gasteiger partial charge in [0.05, 0.1) is 12.0 Å². The number of carbonyl (C=O) groups is 1. The molecule has 0 radical (unpaired) electrons. The van der Waals surface area contributed by atoms with E-state index in [-0.39, 0.29) is 23.7 Å². The van der Waals surface area contributed by atoms with Gasteiger partial charge in [0, 0.05) is 13.1 Å². The summed E-state index contributed by atoms with van der Waals surface area (Å²) in [5.74, 6) is 0.995. The average molecular weight is 313 g/mol. The second-order valence-corrected chi connectivity index (χ2v) is 5.67. The smallest absolute Gasteiger partial charge is 0.227 e. The van der Waals surface area contributed by atoms with Crippen LogP contribution in [0.1, 0.15) is 32.3 Å². The normalized spacial score (nSPS) is 20.7. The monoisotopic (exact) mass is 312 g/mol. The SMILES string of the molecule is CCCOc1cccc(CNC(=O)C2(C)CCNC2)c1.Cl. The van der Waals surface area contributed by atoms with Crippen molar-refractivity contribution in [2.24, 2.45) is 5.41 Å². The van der Waals surface area contributed by atoms with Gasteiger partial charge >= 0.3 is 0 Å². The first-order valence-corrected chi connectivity index (χ1v) is 7.35. The molecule has 0 spiro atoms. The Balaban J connectivity index is 0.00000220. The largest absolute Gasteiger partial charge is 0.494 e. The number of nitrogens with one attached hydrogen (secondary N) is 2. The Morgan fingerprint density at radius 2 is 2.29 bits per heavy atom. The Morgan fingerprint density at radius 3 is 2.95 bits per heavy atom. The van der Waals surface area contributed by atoms with Crippen LogP contribution in [-0.4, -0.2) is 25.6 Å². The fraction of sp³-hybridized carbons (Fsp3) is 0.562. The molecule has 1 fully saturated rings. The molecule has 21 heavy (non-hydrogen) atoms. The molecule has 1 aliphatic rings. The number of hydrogen-bond acceptors (Lipinski definition) is 3. The van der Waals surface area contributed by atoms with Crippen LogP contribution in [0, 0.1) is 5.41 Å². The predicted molar refractivity (Wildman–Crippen MR) is 86.9 cm³/mol. The van der Waals surface area contributed by atoms with Gasteiger partial charge in [-0.2, -0.15) is 0 Å². The molecule has 2 rings (SSSR count). The van der Waals surface area contributed by atoms with Gasteiger partial charge in [0.25, 0.3) is 0 Å². The molecule has 2 N–H and O–H groups in total. The van der Waals surface area contributed by atoms with Crippen LogP contribution >= 0.6 is 12.4 Å². The Labute approximate surface area is 133 Å². The lowest BCUT2D eigenvalue weighted by Gasteiger charge is -2.21. The van der Waals surface area contributed by atoms with Crippen molar-refractivity contribution >= 4 is 18.3 Å². The molecule has 1 heterocycles. The van der Waals surface area contributed by atoms with Crippen molar-refractivity contribution in [2.45, 2.75) is 33.2 Å². The summed E-state index contributed by atoms with van der Waals surface area (Å²) in [5, 5.41) is 6.27. The zero-order valence-corrected chi connectivity index (χ0v) is 13.6. The molecule has 0 saturated carbocycles. The fourth-order valence-corrected chi connectivity index (χ4v) is 2.37. The Hall–Kier alpha value is -1.26. The lowest BCUT2D eigenvalue weighted by atomic mass is 9.89. The molecule has 0 bridgehead atoms. The molecule has 0 aromatic heterocycles. The number of benzene rings is 1. The standard InChI is InChI=1S/C16H24N2O2.ClH/c1-3-9-20-14-6-4-5-13(10-14)11-18-15(19)16(2)7-8-17-12-16;/h4-6,10,17H,3,7-9,11-12H2,1-2H3,(H,18,19);1H. The van der Waals surface area contributed by atoms with Gasteiger partial charge in [-0.3, -0.25) is 4.79 Å². The van der Waals surface area contributed by atoms with E-state index in [1.54, 1.807) is 0 Å². The Bertz CT molecular complexity index is 459. The molecule has 0 aliphatic carbocycles. The first-order valence-electron chi connectivity index (χ1n) is 7.35. The van der Waals surface area contributed by atoms with Crippen molar-refractivity contribution in [3.63, 3.8) is 0 Å². The molecule has 5 heteroatoms. The first kappa shape index (κ1) is 17.8. The van der Waals surface area contributed by atoms with Crippen LogP contribution in [0.5, 0.6) is 5.75 Å². The van der Waals surface area contributed by atoms with E-state index in [1.807, 2.05) is 31.2 Å². The third-order valence-corrected chi connectivity index (χ3v) is 3.74. The van der Waals surface area contributed by atoms with Gasteiger partial charge in [0.2, 0.25) is 5.91 Å². The van der Waals surface area contributed by atoms with Crippen LogP contribution in [0.3, 0.4) is 0 Å². The summed E-state index contributed by atoms with van der Waals surface area (Å²) in [6.45, 7) is 7.06. The average Bonchev–Trinajstić information content (AvgIpc) is 2.91. The van der Waals surface area contributed by atoms with Crippen LogP contribution in [0.25, 0.3) is 0 Å². The number of amides is 1. The van der Waals surface area contributed by atoms with E-state index in [1.165, 1.54) is 0 Å². The molecular formula is C16H25ClN2O2. The van der Waals surface area contributed by atoms with E-state index in [4.69, 9.17) is 4.74 Å². The summed E-state index contributed by atoms with van der Waals surface area (Å²) in [6.07, 6.45) is 1.89. The van der Waals surface area contributed by atoms with E-state index in [2.05, 4.69) is 17.6 Å². The maximum atomic E-state index is 12.2. The zero-order valence-electron chi connectivity index (χ0n) is 12.8. The summed E-state index contributed by atoms with van der Waals surface area (Å²) in [5.41, 5.74) is 0.803. The molecule has 1 amide bonds. The molecule has 118 valence electrons. The second-order valence-electron chi connectivity index (χ2n) is 5.67. The van der Waals surface area contributed by atoms with Crippen LogP contribution in [0.15, 0.2) is 24.3 Å². The third kappa shape index (κ3) is 4.90. The number of hydrogen-bond donors (Lipinski definition) is 2. The predicted octanol–water partition coefficient (Wildman–Crippen LogP) is 2.51. The van der Waals surface area contributed by atoms with Gasteiger partial charge in [-0.1, -0.05) is 19.1 Å². The van der Waals surface area contributed by atoms with E-state index in [9.17, 15) is 4.79 Å². The number of ether oxygens (including phenoxy) is 1. The van der Waals surface area contributed by atoms with Crippen molar-refractivity contribution in [2.75, 3.05) is 19.7 Å². The van der Waals surface area contributed by atoms with Gasteiger partial charge in [0.1, 0.15) is 5.75 Å². The minimum atomic E-state index is -0.268. The number of carbonyl (C=O) groups excluding carboxylic acids is 1. The van der Waals surface area contributed by atoms with Crippen molar-refractivity contribution in [1.29, 1.82) is 0 Å². The first-order chi connectivity index (χ1) is 9.64. The molecule has 1 unspecified atom stereocenters. The third-order valence-electron chi connectivity index (χ3n) is 3.74. The van der Waals surface area contributed by atoms with Gasteiger partial charge < -0.3 is 15.4 Å². The molecule has 1 atom stereocenters. The van der Waals surface area contributed by atoms with Crippen LogP contribution in [0.4, 0.5) is 0 Å². The highest BCUT2D eigenvalue weighted by Crippen LogP contribution is 2.24. The zero-order chi connectivity index (χ0) is 14.4. The minimum absolute atomic E-state index is 0. The van der Waals surface area contributed by atoms with Gasteiger partial charge in [-0.15, -0.1) is 12.4 Å². The van der Waals surface area contributed by atoms with E-state index < -0.39 is 0 Å². The van der Waals surface area contributed by atoms with Crippen molar-refractivity contribution in [3.8, 4) is 5.75 Å². The van der Waals surface area contributed by atoms with Crippen molar-refractivity contribution in [3.05, 3.63) is 29.8 Å². The summed E-state index contributed by atoms with van der Waals surface area (Å²) >= 11 is 0. The van der Waals surface area contributed by atoms with E-state index in [0.29, 0.717) is 6.54 Å². The molecule has 1 aliphatic heterocycles. The van der Waals surface area contributed by atoms with Gasteiger partial charge in [0.15, 0.2) is 0 Å². The maximum Gasteiger partial charge on any atom is 0.227 e. The molecule has 4 nitrogen and oxygen atoms in total. The Morgan fingerprint density at radius 1 is 1.48 bits per heavy atom. The molecule has 1 aromatic carbocycles. The van der Waals surface area contributed by atoms with E-state index >= 15 is 0 Å². The molecule has 1 saturated heterocycles. The van der Waals surface area contributed by atoms with Crippen molar-refractivity contribution in [1.82, 2.24) is 10.6 Å². The lowest BCUT2D eigenvalue weighted by molar-refractivity contribution is -0.129. The quantitative estimate of drug-likeness (QED) is 0.848.